The standard InChI is InChI=1S/C39H57N9O11/c1-5-23(4)34(39(56)57)46-36(53)28(18-24-13-15-26(49)16-14-24)43-32(51)21-47(20-25-10-6-7-12-30(25)48(58)59)38(55)29(19-31(41)50)45-35(52)27(11-8-9-17-40)44-37(54)33(42)22(2)3/h6-7,10,12-16,22-23,27-29,33-34,49H,5,8-9,11,17-21,40,42H2,1-4H3,(H2,41,50)(H,43,51)(H,44,54)(H,45,52)(H,46,53)(H,56,57)/t23-,27-,28-,29-,33-,34-/m0/s1. The highest BCUT2D eigenvalue weighted by Gasteiger charge is 2.35. The monoisotopic (exact) mass is 827 g/mol. The average molecular weight is 828 g/mol. The molecule has 2 aromatic carbocycles. The summed E-state index contributed by atoms with van der Waals surface area (Å²) in [4.78, 5) is 105. The number of hydrogen-bond donors (Lipinski definition) is 9. The molecule has 59 heavy (non-hydrogen) atoms. The second-order valence-electron chi connectivity index (χ2n) is 14.6. The topological polar surface area (TPSA) is 333 Å². The Morgan fingerprint density at radius 1 is 0.847 bits per heavy atom. The molecule has 0 saturated carbocycles. The number of aliphatic carboxylic acids is 1. The van der Waals surface area contributed by atoms with Crippen molar-refractivity contribution in [3.63, 3.8) is 0 Å². The highest BCUT2D eigenvalue weighted by Crippen LogP contribution is 2.21. The van der Waals surface area contributed by atoms with Crippen molar-refractivity contribution < 1.29 is 48.7 Å². The summed E-state index contributed by atoms with van der Waals surface area (Å²) in [5.74, 6) is -7.69. The highest BCUT2D eigenvalue weighted by atomic mass is 16.6. The number of carbonyl (C=O) groups is 7. The Morgan fingerprint density at radius 3 is 2.02 bits per heavy atom. The van der Waals surface area contributed by atoms with Crippen molar-refractivity contribution in [1.29, 1.82) is 0 Å². The van der Waals surface area contributed by atoms with Crippen LogP contribution in [0.25, 0.3) is 0 Å². The lowest BCUT2D eigenvalue weighted by atomic mass is 9.98. The first-order chi connectivity index (χ1) is 27.8. The first-order valence-corrected chi connectivity index (χ1v) is 19.3. The summed E-state index contributed by atoms with van der Waals surface area (Å²) < 4.78 is 0. The molecule has 0 heterocycles. The van der Waals surface area contributed by atoms with Crippen molar-refractivity contribution in [3.8, 4) is 5.75 Å². The molecule has 0 saturated heterocycles. The van der Waals surface area contributed by atoms with Crippen LogP contribution in [0.4, 0.5) is 5.69 Å². The van der Waals surface area contributed by atoms with Gasteiger partial charge in [-0.05, 0) is 55.3 Å². The van der Waals surface area contributed by atoms with Gasteiger partial charge < -0.3 is 53.6 Å². The molecule has 0 bridgehead atoms. The van der Waals surface area contributed by atoms with Crippen molar-refractivity contribution in [3.05, 3.63) is 69.8 Å². The molecule has 0 aliphatic carbocycles. The van der Waals surface area contributed by atoms with E-state index in [1.54, 1.807) is 27.7 Å². The number of nitrogens with zero attached hydrogens (tertiary/aromatic N) is 2. The number of rotatable bonds is 25. The Labute approximate surface area is 342 Å². The summed E-state index contributed by atoms with van der Waals surface area (Å²) in [6, 6.07) is 4.28. The van der Waals surface area contributed by atoms with E-state index in [2.05, 4.69) is 21.3 Å². The van der Waals surface area contributed by atoms with Crippen molar-refractivity contribution in [2.45, 2.75) is 103 Å². The zero-order valence-corrected chi connectivity index (χ0v) is 33.7. The van der Waals surface area contributed by atoms with Gasteiger partial charge in [0.05, 0.1) is 30.5 Å². The lowest BCUT2D eigenvalue weighted by Crippen LogP contribution is -2.58. The van der Waals surface area contributed by atoms with E-state index in [1.807, 2.05) is 0 Å². The van der Waals surface area contributed by atoms with E-state index in [0.717, 1.165) is 4.90 Å². The molecule has 0 aromatic heterocycles. The Hall–Kier alpha value is -6.15. The van der Waals surface area contributed by atoms with Crippen LogP contribution in [0.3, 0.4) is 0 Å². The quantitative estimate of drug-likeness (QED) is 0.0360. The molecule has 2 aromatic rings. The number of amides is 6. The maximum atomic E-state index is 14.4. The van der Waals surface area contributed by atoms with Gasteiger partial charge in [-0.2, -0.15) is 0 Å². The minimum absolute atomic E-state index is 0.0337. The van der Waals surface area contributed by atoms with E-state index in [0.29, 0.717) is 24.8 Å². The van der Waals surface area contributed by atoms with Crippen LogP contribution in [0.5, 0.6) is 5.75 Å². The van der Waals surface area contributed by atoms with Crippen LogP contribution in [0, 0.1) is 22.0 Å². The summed E-state index contributed by atoms with van der Waals surface area (Å²) >= 11 is 0. The second-order valence-corrected chi connectivity index (χ2v) is 14.6. The normalized spacial score (nSPS) is 14.1. The number of carboxylic acids is 1. The van der Waals surface area contributed by atoms with E-state index in [1.165, 1.54) is 48.5 Å². The number of aromatic hydroxyl groups is 1. The van der Waals surface area contributed by atoms with Gasteiger partial charge in [0.1, 0.15) is 29.9 Å². The number of nitro benzene ring substituents is 1. The van der Waals surface area contributed by atoms with Crippen molar-refractivity contribution in [2.75, 3.05) is 13.1 Å². The number of nitro groups is 1. The van der Waals surface area contributed by atoms with Crippen LogP contribution in [0.15, 0.2) is 48.5 Å². The molecule has 12 N–H and O–H groups in total. The molecule has 0 spiro atoms. The van der Waals surface area contributed by atoms with E-state index >= 15 is 0 Å². The number of carbonyl (C=O) groups excluding carboxylic acids is 6. The SMILES string of the molecule is CC[C@H](C)[C@H](NC(=O)[C@H](Cc1ccc(O)cc1)NC(=O)CN(Cc1ccccc1[N+](=O)[O-])C(=O)[C@H](CC(N)=O)NC(=O)[C@H](CCCCN)NC(=O)[C@@H](N)C(C)C)C(=O)O. The highest BCUT2D eigenvalue weighted by molar-refractivity contribution is 5.97. The number of phenolic OH excluding ortho intramolecular Hbond substituents is 1. The molecule has 20 nitrogen and oxygen atoms in total. The van der Waals surface area contributed by atoms with Crippen molar-refractivity contribution in [1.82, 2.24) is 26.2 Å². The lowest BCUT2D eigenvalue weighted by molar-refractivity contribution is -0.385. The Morgan fingerprint density at radius 2 is 1.46 bits per heavy atom. The number of para-hydroxylation sites is 1. The van der Waals surface area contributed by atoms with E-state index < -0.39 is 108 Å². The van der Waals surface area contributed by atoms with Gasteiger partial charge in [-0.25, -0.2) is 4.79 Å². The Balaban J connectivity index is 2.57. The van der Waals surface area contributed by atoms with Gasteiger partial charge in [0.15, 0.2) is 0 Å². The summed E-state index contributed by atoms with van der Waals surface area (Å²) in [6.45, 7) is 5.57. The number of nitrogens with two attached hydrogens (primary N) is 3. The van der Waals surface area contributed by atoms with Crippen LogP contribution in [0.1, 0.15) is 70.9 Å². The third-order valence-electron chi connectivity index (χ3n) is 9.62. The predicted octanol–water partition coefficient (Wildman–Crippen LogP) is -0.0707. The van der Waals surface area contributed by atoms with Gasteiger partial charge in [-0.1, -0.05) is 64.4 Å². The van der Waals surface area contributed by atoms with E-state index in [9.17, 15) is 53.9 Å². The zero-order valence-electron chi connectivity index (χ0n) is 33.7. The van der Waals surface area contributed by atoms with Crippen molar-refractivity contribution >= 4 is 47.1 Å². The minimum atomic E-state index is -1.74. The van der Waals surface area contributed by atoms with Crippen LogP contribution < -0.4 is 38.5 Å². The van der Waals surface area contributed by atoms with Crippen LogP contribution in [0.2, 0.25) is 0 Å². The summed E-state index contributed by atoms with van der Waals surface area (Å²) in [5.41, 5.74) is 17.1. The van der Waals surface area contributed by atoms with Gasteiger partial charge in [0.25, 0.3) is 5.69 Å². The molecule has 0 aliphatic rings. The molecule has 2 rings (SSSR count). The maximum absolute atomic E-state index is 14.4. The van der Waals surface area contributed by atoms with Crippen LogP contribution in [-0.2, 0) is 46.5 Å². The lowest BCUT2D eigenvalue weighted by Gasteiger charge is -2.30. The van der Waals surface area contributed by atoms with Crippen LogP contribution >= 0.6 is 0 Å². The number of unbranched alkanes of at least 4 members (excludes halogenated alkanes) is 1. The summed E-state index contributed by atoms with van der Waals surface area (Å²) in [5, 5.41) is 41.5. The summed E-state index contributed by atoms with van der Waals surface area (Å²) in [7, 11) is 0. The van der Waals surface area contributed by atoms with Gasteiger partial charge in [-0.3, -0.25) is 38.9 Å². The Bertz CT molecular complexity index is 1790. The number of primary amides is 1. The molecule has 324 valence electrons. The Kier molecular flexibility index (Phi) is 19.9. The molecule has 0 radical (unpaired) electrons. The molecule has 0 aliphatic heterocycles. The largest absolute Gasteiger partial charge is 0.508 e. The fourth-order valence-corrected chi connectivity index (χ4v) is 5.89. The van der Waals surface area contributed by atoms with Gasteiger partial charge >= 0.3 is 5.97 Å². The van der Waals surface area contributed by atoms with Gasteiger partial charge in [-0.15, -0.1) is 0 Å². The molecule has 6 amide bonds. The second kappa shape index (κ2) is 23.9. The third-order valence-corrected chi connectivity index (χ3v) is 9.62. The number of hydrogen-bond acceptors (Lipinski definition) is 12. The zero-order chi connectivity index (χ0) is 44.4. The molecule has 0 fully saturated rings. The smallest absolute Gasteiger partial charge is 0.326 e. The first-order valence-electron chi connectivity index (χ1n) is 19.3. The molecule has 20 heteroatoms. The number of phenols is 1. The third kappa shape index (κ3) is 16.0. The number of nitrogens with one attached hydrogen (secondary N) is 4. The molecule has 0 unspecified atom stereocenters. The molecular formula is C39H57N9O11. The van der Waals surface area contributed by atoms with Crippen molar-refractivity contribution in [2.24, 2.45) is 29.0 Å². The summed E-state index contributed by atoms with van der Waals surface area (Å²) in [6.07, 6.45) is 0.355. The number of carboxylic acid groups (broad SMARTS) is 1. The maximum Gasteiger partial charge on any atom is 0.326 e. The first kappa shape index (κ1) is 49.0. The van der Waals surface area contributed by atoms with Crippen LogP contribution in [-0.4, -0.2) is 105 Å². The predicted molar refractivity (Wildman–Crippen MR) is 215 cm³/mol. The fourth-order valence-electron chi connectivity index (χ4n) is 5.89. The van der Waals surface area contributed by atoms with Gasteiger partial charge in [0, 0.05) is 18.1 Å². The fraction of sp³-hybridized carbons (Fsp3) is 0.513. The molecular weight excluding hydrogens is 770 g/mol. The minimum Gasteiger partial charge on any atom is -0.508 e. The molecule has 6 atom stereocenters. The van der Waals surface area contributed by atoms with E-state index in [-0.39, 0.29) is 36.6 Å². The number of benzene rings is 2. The van der Waals surface area contributed by atoms with Gasteiger partial charge in [0.2, 0.25) is 35.4 Å². The average Bonchev–Trinajstić information content (AvgIpc) is 3.18. The van der Waals surface area contributed by atoms with E-state index in [4.69, 9.17) is 17.2 Å².